The van der Waals surface area contributed by atoms with Crippen LogP contribution < -0.4 is 10.1 Å². The van der Waals surface area contributed by atoms with Crippen molar-refractivity contribution in [1.82, 2.24) is 14.7 Å². The largest absolute Gasteiger partial charge is 0.492 e. The number of morpholine rings is 1. The first kappa shape index (κ1) is 21.3. The standard InChI is InChI=1S/C22H32N4O3/c1-16(15-26-19(4)17(2)18(3)24-26)22(27)23-20-5-7-21(8-6-20)29-14-11-25-9-12-28-13-10-25/h5-8,16H,9-15H2,1-4H3,(H,23,27)/t16-/m1/s1. The first-order valence-corrected chi connectivity index (χ1v) is 10.3. The van der Waals surface area contributed by atoms with Gasteiger partial charge in [0.15, 0.2) is 0 Å². The van der Waals surface area contributed by atoms with E-state index in [2.05, 4.69) is 22.2 Å². The van der Waals surface area contributed by atoms with Crippen molar-refractivity contribution in [1.29, 1.82) is 0 Å². The molecule has 2 heterocycles. The minimum absolute atomic E-state index is 0.0174. The van der Waals surface area contributed by atoms with Crippen LogP contribution in [0.5, 0.6) is 5.75 Å². The zero-order valence-corrected chi connectivity index (χ0v) is 17.9. The van der Waals surface area contributed by atoms with E-state index in [1.165, 1.54) is 5.56 Å². The predicted octanol–water partition coefficient (Wildman–Crippen LogP) is 2.79. The SMILES string of the molecule is Cc1nn(C[C@@H](C)C(=O)Nc2ccc(OCCN3CCOCC3)cc2)c(C)c1C. The molecule has 0 saturated carbocycles. The van der Waals surface area contributed by atoms with Crippen molar-refractivity contribution in [3.63, 3.8) is 0 Å². The van der Waals surface area contributed by atoms with E-state index in [0.29, 0.717) is 13.2 Å². The number of nitrogens with zero attached hydrogens (tertiary/aromatic N) is 3. The molecule has 0 spiro atoms. The van der Waals surface area contributed by atoms with Gasteiger partial charge in [-0.05, 0) is 50.6 Å². The van der Waals surface area contributed by atoms with Gasteiger partial charge in [0.05, 0.1) is 31.4 Å². The monoisotopic (exact) mass is 400 g/mol. The number of amides is 1. The number of benzene rings is 1. The molecule has 1 amide bonds. The minimum atomic E-state index is -0.183. The van der Waals surface area contributed by atoms with Crippen molar-refractivity contribution in [2.24, 2.45) is 5.92 Å². The summed E-state index contributed by atoms with van der Waals surface area (Å²) < 4.78 is 13.1. The molecule has 1 aromatic heterocycles. The molecule has 7 nitrogen and oxygen atoms in total. The molecule has 0 unspecified atom stereocenters. The molecule has 0 aliphatic carbocycles. The summed E-state index contributed by atoms with van der Waals surface area (Å²) in [7, 11) is 0. The summed E-state index contributed by atoms with van der Waals surface area (Å²) >= 11 is 0. The van der Waals surface area contributed by atoms with E-state index in [-0.39, 0.29) is 11.8 Å². The molecule has 7 heteroatoms. The molecule has 1 aliphatic heterocycles. The van der Waals surface area contributed by atoms with Crippen LogP contribution in [0, 0.1) is 26.7 Å². The minimum Gasteiger partial charge on any atom is -0.492 e. The second kappa shape index (κ2) is 9.89. The average molecular weight is 401 g/mol. The van der Waals surface area contributed by atoms with Crippen LogP contribution >= 0.6 is 0 Å². The number of carbonyl (C=O) groups is 1. The van der Waals surface area contributed by atoms with E-state index in [1.54, 1.807) is 0 Å². The fourth-order valence-corrected chi connectivity index (χ4v) is 3.32. The highest BCUT2D eigenvalue weighted by atomic mass is 16.5. The Morgan fingerprint density at radius 1 is 1.21 bits per heavy atom. The van der Waals surface area contributed by atoms with Gasteiger partial charge >= 0.3 is 0 Å². The first-order valence-electron chi connectivity index (χ1n) is 10.3. The lowest BCUT2D eigenvalue weighted by molar-refractivity contribution is -0.119. The van der Waals surface area contributed by atoms with Crippen molar-refractivity contribution in [2.75, 3.05) is 44.8 Å². The van der Waals surface area contributed by atoms with Crippen molar-refractivity contribution >= 4 is 11.6 Å². The number of nitrogens with one attached hydrogen (secondary N) is 1. The molecule has 1 saturated heterocycles. The normalized spacial score (nSPS) is 15.9. The molecule has 0 radical (unpaired) electrons. The van der Waals surface area contributed by atoms with Gasteiger partial charge in [0, 0.05) is 31.0 Å². The van der Waals surface area contributed by atoms with Gasteiger partial charge in [-0.25, -0.2) is 0 Å². The number of ether oxygens (including phenoxy) is 2. The molecular weight excluding hydrogens is 368 g/mol. The molecule has 1 aromatic carbocycles. The highest BCUT2D eigenvalue weighted by Gasteiger charge is 2.17. The molecule has 29 heavy (non-hydrogen) atoms. The summed E-state index contributed by atoms with van der Waals surface area (Å²) in [6, 6.07) is 7.54. The van der Waals surface area contributed by atoms with Crippen LogP contribution in [-0.4, -0.2) is 60.0 Å². The summed E-state index contributed by atoms with van der Waals surface area (Å²) in [5.74, 6) is 0.607. The lowest BCUT2D eigenvalue weighted by atomic mass is 10.1. The number of carbonyl (C=O) groups excluding carboxylic acids is 1. The molecule has 1 atom stereocenters. The third kappa shape index (κ3) is 5.81. The van der Waals surface area contributed by atoms with Gasteiger partial charge in [-0.1, -0.05) is 6.92 Å². The molecule has 3 rings (SSSR count). The number of hydrogen-bond donors (Lipinski definition) is 1. The molecule has 1 fully saturated rings. The second-order valence-electron chi connectivity index (χ2n) is 7.70. The maximum Gasteiger partial charge on any atom is 0.229 e. The van der Waals surface area contributed by atoms with Crippen molar-refractivity contribution in [3.05, 3.63) is 41.2 Å². The Morgan fingerprint density at radius 3 is 2.52 bits per heavy atom. The summed E-state index contributed by atoms with van der Waals surface area (Å²) in [5.41, 5.74) is 4.08. The predicted molar refractivity (Wildman–Crippen MR) is 113 cm³/mol. The van der Waals surface area contributed by atoms with Crippen LogP contribution in [0.25, 0.3) is 0 Å². The van der Waals surface area contributed by atoms with E-state index >= 15 is 0 Å². The molecule has 2 aromatic rings. The maximum atomic E-state index is 12.6. The fourth-order valence-electron chi connectivity index (χ4n) is 3.32. The maximum absolute atomic E-state index is 12.6. The number of rotatable bonds is 8. The van der Waals surface area contributed by atoms with E-state index in [0.717, 1.165) is 55.7 Å². The van der Waals surface area contributed by atoms with Crippen LogP contribution in [0.3, 0.4) is 0 Å². The van der Waals surface area contributed by atoms with Gasteiger partial charge in [-0.3, -0.25) is 14.4 Å². The lowest BCUT2D eigenvalue weighted by Crippen LogP contribution is -2.38. The number of hydrogen-bond acceptors (Lipinski definition) is 5. The highest BCUT2D eigenvalue weighted by molar-refractivity contribution is 5.92. The van der Waals surface area contributed by atoms with Gasteiger partial charge < -0.3 is 14.8 Å². The third-order valence-electron chi connectivity index (χ3n) is 5.54. The highest BCUT2D eigenvalue weighted by Crippen LogP contribution is 2.18. The Balaban J connectivity index is 1.45. The molecule has 1 aliphatic rings. The van der Waals surface area contributed by atoms with Crippen molar-refractivity contribution in [2.45, 2.75) is 34.2 Å². The van der Waals surface area contributed by atoms with E-state index in [9.17, 15) is 4.79 Å². The van der Waals surface area contributed by atoms with Crippen LogP contribution in [-0.2, 0) is 16.1 Å². The summed E-state index contributed by atoms with van der Waals surface area (Å²) in [5, 5.41) is 7.50. The molecule has 1 N–H and O–H groups in total. The smallest absolute Gasteiger partial charge is 0.229 e. The zero-order chi connectivity index (χ0) is 20.8. The van der Waals surface area contributed by atoms with E-state index < -0.39 is 0 Å². The first-order chi connectivity index (χ1) is 13.9. The number of aromatic nitrogens is 2. The van der Waals surface area contributed by atoms with Crippen LogP contribution in [0.15, 0.2) is 24.3 Å². The number of anilines is 1. The fraction of sp³-hybridized carbons (Fsp3) is 0.545. The number of aryl methyl sites for hydroxylation is 1. The Morgan fingerprint density at radius 2 is 1.90 bits per heavy atom. The zero-order valence-electron chi connectivity index (χ0n) is 17.9. The van der Waals surface area contributed by atoms with Gasteiger partial charge in [0.25, 0.3) is 0 Å². The third-order valence-corrected chi connectivity index (χ3v) is 5.54. The van der Waals surface area contributed by atoms with E-state index in [4.69, 9.17) is 9.47 Å². The Labute approximate surface area is 173 Å². The van der Waals surface area contributed by atoms with Crippen LogP contribution in [0.1, 0.15) is 23.9 Å². The summed E-state index contributed by atoms with van der Waals surface area (Å²) in [6.45, 7) is 13.6. The second-order valence-corrected chi connectivity index (χ2v) is 7.70. The lowest BCUT2D eigenvalue weighted by Gasteiger charge is -2.26. The van der Waals surface area contributed by atoms with Crippen molar-refractivity contribution < 1.29 is 14.3 Å². The summed E-state index contributed by atoms with van der Waals surface area (Å²) in [4.78, 5) is 14.9. The molecule has 158 valence electrons. The topological polar surface area (TPSA) is 68.6 Å². The Bertz CT molecular complexity index is 810. The Kier molecular flexibility index (Phi) is 7.28. The average Bonchev–Trinajstić information content (AvgIpc) is 2.96. The Hall–Kier alpha value is -2.38. The quantitative estimate of drug-likeness (QED) is 0.738. The van der Waals surface area contributed by atoms with Crippen LogP contribution in [0.2, 0.25) is 0 Å². The van der Waals surface area contributed by atoms with E-state index in [1.807, 2.05) is 49.7 Å². The molecule has 0 bridgehead atoms. The van der Waals surface area contributed by atoms with Gasteiger partial charge in [-0.15, -0.1) is 0 Å². The van der Waals surface area contributed by atoms with Gasteiger partial charge in [-0.2, -0.15) is 5.10 Å². The van der Waals surface area contributed by atoms with Gasteiger partial charge in [0.2, 0.25) is 5.91 Å². The van der Waals surface area contributed by atoms with Gasteiger partial charge in [0.1, 0.15) is 12.4 Å². The summed E-state index contributed by atoms with van der Waals surface area (Å²) in [6.07, 6.45) is 0. The van der Waals surface area contributed by atoms with Crippen LogP contribution in [0.4, 0.5) is 5.69 Å². The molecular formula is C22H32N4O3. The van der Waals surface area contributed by atoms with Crippen molar-refractivity contribution in [3.8, 4) is 5.75 Å².